The average Bonchev–Trinajstić information content (AvgIpc) is 2.91. The molecule has 3 aromatic rings. The Morgan fingerprint density at radius 2 is 2.05 bits per heavy atom. The van der Waals surface area contributed by atoms with E-state index in [1.54, 1.807) is 11.6 Å². The summed E-state index contributed by atoms with van der Waals surface area (Å²) in [6.45, 7) is 1.88. The van der Waals surface area contributed by atoms with Gasteiger partial charge in [-0.2, -0.15) is 14.9 Å². The maximum Gasteiger partial charge on any atom is 0.175 e. The van der Waals surface area contributed by atoms with E-state index in [-0.39, 0.29) is 0 Å². The molecular formula is C15H13N5O. The molecule has 0 amide bonds. The third-order valence-electron chi connectivity index (χ3n) is 3.08. The fourth-order valence-electron chi connectivity index (χ4n) is 2.07. The standard InChI is InChI=1S/C15H13N5O/c1-10-7-14(19-12-3-5-13(21-2)6-4-12)20-15(18-10)11(8-16)9-17-20/h3-7,9,19H,1-2H3. The molecule has 0 fully saturated rings. The number of nitriles is 1. The van der Waals surface area contributed by atoms with Crippen LogP contribution in [0.5, 0.6) is 5.75 Å². The first-order valence-corrected chi connectivity index (χ1v) is 6.38. The number of rotatable bonds is 3. The van der Waals surface area contributed by atoms with E-state index in [0.29, 0.717) is 11.2 Å². The highest BCUT2D eigenvalue weighted by molar-refractivity contribution is 5.63. The van der Waals surface area contributed by atoms with Crippen molar-refractivity contribution in [1.82, 2.24) is 14.6 Å². The zero-order valence-corrected chi connectivity index (χ0v) is 11.7. The van der Waals surface area contributed by atoms with Crippen LogP contribution in [-0.4, -0.2) is 21.7 Å². The first kappa shape index (κ1) is 12.9. The lowest BCUT2D eigenvalue weighted by Crippen LogP contribution is -2.02. The van der Waals surface area contributed by atoms with Crippen LogP contribution in [0, 0.1) is 18.3 Å². The monoisotopic (exact) mass is 279 g/mol. The van der Waals surface area contributed by atoms with Gasteiger partial charge in [-0.3, -0.25) is 0 Å². The van der Waals surface area contributed by atoms with Crippen molar-refractivity contribution in [3.63, 3.8) is 0 Å². The van der Waals surface area contributed by atoms with Crippen molar-refractivity contribution in [2.45, 2.75) is 6.92 Å². The number of nitrogens with one attached hydrogen (secondary N) is 1. The molecule has 1 N–H and O–H groups in total. The smallest absolute Gasteiger partial charge is 0.175 e. The van der Waals surface area contributed by atoms with Gasteiger partial charge in [0.2, 0.25) is 0 Å². The first-order chi connectivity index (χ1) is 10.2. The summed E-state index contributed by atoms with van der Waals surface area (Å²) in [4.78, 5) is 4.35. The van der Waals surface area contributed by atoms with Crippen LogP contribution in [-0.2, 0) is 0 Å². The van der Waals surface area contributed by atoms with Gasteiger partial charge in [-0.1, -0.05) is 0 Å². The van der Waals surface area contributed by atoms with Crippen molar-refractivity contribution in [2.75, 3.05) is 12.4 Å². The van der Waals surface area contributed by atoms with Gasteiger partial charge < -0.3 is 10.1 Å². The van der Waals surface area contributed by atoms with Crippen molar-refractivity contribution < 1.29 is 4.74 Å². The SMILES string of the molecule is COc1ccc(Nc2cc(C)nc3c(C#N)cnn23)cc1. The van der Waals surface area contributed by atoms with E-state index in [1.165, 1.54) is 6.20 Å². The Bertz CT molecular complexity index is 830. The van der Waals surface area contributed by atoms with E-state index in [1.807, 2.05) is 37.3 Å². The normalized spacial score (nSPS) is 10.3. The molecule has 0 spiro atoms. The zero-order chi connectivity index (χ0) is 14.8. The van der Waals surface area contributed by atoms with Crippen molar-refractivity contribution >= 4 is 17.2 Å². The second-order valence-electron chi connectivity index (χ2n) is 4.54. The Labute approximate surface area is 121 Å². The van der Waals surface area contributed by atoms with Crippen LogP contribution in [0.25, 0.3) is 5.65 Å². The van der Waals surface area contributed by atoms with E-state index in [9.17, 15) is 0 Å². The van der Waals surface area contributed by atoms with E-state index in [0.717, 1.165) is 22.9 Å². The Balaban J connectivity index is 2.03. The fourth-order valence-corrected chi connectivity index (χ4v) is 2.07. The van der Waals surface area contributed by atoms with Gasteiger partial charge in [-0.15, -0.1) is 0 Å². The molecule has 0 saturated carbocycles. The molecule has 0 radical (unpaired) electrons. The van der Waals surface area contributed by atoms with Crippen molar-refractivity contribution in [3.8, 4) is 11.8 Å². The van der Waals surface area contributed by atoms with Gasteiger partial charge in [0.05, 0.1) is 13.3 Å². The van der Waals surface area contributed by atoms with Gasteiger partial charge in [-0.05, 0) is 31.2 Å². The van der Waals surface area contributed by atoms with Crippen LogP contribution < -0.4 is 10.1 Å². The van der Waals surface area contributed by atoms with Crippen LogP contribution in [0.4, 0.5) is 11.5 Å². The molecule has 0 aliphatic carbocycles. The minimum Gasteiger partial charge on any atom is -0.497 e. The quantitative estimate of drug-likeness (QED) is 0.797. The van der Waals surface area contributed by atoms with Gasteiger partial charge in [0.1, 0.15) is 23.2 Å². The highest BCUT2D eigenvalue weighted by Gasteiger charge is 2.10. The number of aryl methyl sites for hydroxylation is 1. The van der Waals surface area contributed by atoms with Crippen LogP contribution in [0.15, 0.2) is 36.5 Å². The number of ether oxygens (including phenoxy) is 1. The van der Waals surface area contributed by atoms with E-state index >= 15 is 0 Å². The molecule has 21 heavy (non-hydrogen) atoms. The highest BCUT2D eigenvalue weighted by Crippen LogP contribution is 2.21. The molecule has 104 valence electrons. The molecule has 3 rings (SSSR count). The van der Waals surface area contributed by atoms with Crippen molar-refractivity contribution in [3.05, 3.63) is 47.8 Å². The second kappa shape index (κ2) is 5.13. The number of methoxy groups -OCH3 is 1. The first-order valence-electron chi connectivity index (χ1n) is 6.38. The summed E-state index contributed by atoms with van der Waals surface area (Å²) >= 11 is 0. The summed E-state index contributed by atoms with van der Waals surface area (Å²) in [7, 11) is 1.63. The van der Waals surface area contributed by atoms with Crippen LogP contribution in [0.1, 0.15) is 11.3 Å². The number of hydrogen-bond donors (Lipinski definition) is 1. The maximum absolute atomic E-state index is 9.08. The number of hydrogen-bond acceptors (Lipinski definition) is 5. The predicted octanol–water partition coefficient (Wildman–Crippen LogP) is 2.66. The van der Waals surface area contributed by atoms with Gasteiger partial charge in [-0.25, -0.2) is 4.98 Å². The number of anilines is 2. The molecule has 0 atom stereocenters. The molecule has 0 aliphatic heterocycles. The minimum absolute atomic E-state index is 0.455. The van der Waals surface area contributed by atoms with E-state index < -0.39 is 0 Å². The summed E-state index contributed by atoms with van der Waals surface area (Å²) in [5, 5.41) is 16.6. The Morgan fingerprint density at radius 3 is 2.71 bits per heavy atom. The maximum atomic E-state index is 9.08. The lowest BCUT2D eigenvalue weighted by molar-refractivity contribution is 0.415. The molecule has 2 heterocycles. The van der Waals surface area contributed by atoms with Crippen LogP contribution >= 0.6 is 0 Å². The van der Waals surface area contributed by atoms with Gasteiger partial charge >= 0.3 is 0 Å². The van der Waals surface area contributed by atoms with Gasteiger partial charge in [0.15, 0.2) is 5.65 Å². The largest absolute Gasteiger partial charge is 0.497 e. The van der Waals surface area contributed by atoms with E-state index in [4.69, 9.17) is 10.00 Å². The Morgan fingerprint density at radius 1 is 1.29 bits per heavy atom. The molecule has 6 heteroatoms. The zero-order valence-electron chi connectivity index (χ0n) is 11.7. The minimum atomic E-state index is 0.455. The van der Waals surface area contributed by atoms with Gasteiger partial charge in [0.25, 0.3) is 0 Å². The summed E-state index contributed by atoms with van der Waals surface area (Å²) in [6.07, 6.45) is 1.51. The molecule has 1 aromatic carbocycles. The van der Waals surface area contributed by atoms with Crippen molar-refractivity contribution in [1.29, 1.82) is 5.26 Å². The number of nitrogens with zero attached hydrogens (tertiary/aromatic N) is 4. The summed E-state index contributed by atoms with van der Waals surface area (Å²) in [6, 6.07) is 11.5. The number of fused-ring (bicyclic) bond motifs is 1. The molecular weight excluding hydrogens is 266 g/mol. The molecule has 0 aliphatic rings. The van der Waals surface area contributed by atoms with Gasteiger partial charge in [0, 0.05) is 17.4 Å². The molecule has 6 nitrogen and oxygen atoms in total. The summed E-state index contributed by atoms with van der Waals surface area (Å²) < 4.78 is 6.76. The summed E-state index contributed by atoms with van der Waals surface area (Å²) in [5.41, 5.74) is 2.72. The lowest BCUT2D eigenvalue weighted by Gasteiger charge is -2.10. The summed E-state index contributed by atoms with van der Waals surface area (Å²) in [5.74, 6) is 1.55. The number of benzene rings is 1. The lowest BCUT2D eigenvalue weighted by atomic mass is 10.3. The highest BCUT2D eigenvalue weighted by atomic mass is 16.5. The molecule has 0 unspecified atom stereocenters. The van der Waals surface area contributed by atoms with Crippen LogP contribution in [0.2, 0.25) is 0 Å². The van der Waals surface area contributed by atoms with E-state index in [2.05, 4.69) is 21.5 Å². The average molecular weight is 279 g/mol. The third kappa shape index (κ3) is 2.37. The fraction of sp³-hybridized carbons (Fsp3) is 0.133. The molecule has 0 saturated heterocycles. The van der Waals surface area contributed by atoms with Crippen molar-refractivity contribution in [2.24, 2.45) is 0 Å². The predicted molar refractivity (Wildman–Crippen MR) is 78.7 cm³/mol. The number of aromatic nitrogens is 3. The third-order valence-corrected chi connectivity index (χ3v) is 3.08. The van der Waals surface area contributed by atoms with Crippen LogP contribution in [0.3, 0.4) is 0 Å². The topological polar surface area (TPSA) is 75.2 Å². The Hall–Kier alpha value is -3.07. The molecule has 0 bridgehead atoms. The Kier molecular flexibility index (Phi) is 3.16. The second-order valence-corrected chi connectivity index (χ2v) is 4.54. The molecule has 2 aromatic heterocycles.